The molecular formula is C10H21N7OS. The molecule has 0 fully saturated rings. The fraction of sp³-hybridized carbons (Fsp3) is 0.700. The van der Waals surface area contributed by atoms with Gasteiger partial charge in [0, 0.05) is 42.9 Å². The number of nitrogens with zero attached hydrogens (tertiary/aromatic N) is 4. The van der Waals surface area contributed by atoms with Crippen LogP contribution in [0.15, 0.2) is 0 Å². The van der Waals surface area contributed by atoms with Crippen molar-refractivity contribution in [1.82, 2.24) is 15.0 Å². The second-order valence-electron chi connectivity index (χ2n) is 4.43. The molecule has 0 bridgehead atoms. The average Bonchev–Trinajstić information content (AvgIpc) is 2.35. The molecule has 2 unspecified atom stereocenters. The van der Waals surface area contributed by atoms with Crippen LogP contribution in [-0.2, 0) is 10.8 Å². The molecule has 108 valence electrons. The lowest BCUT2D eigenvalue weighted by Crippen LogP contribution is -2.23. The van der Waals surface area contributed by atoms with Crippen LogP contribution in [0.5, 0.6) is 0 Å². The minimum Gasteiger partial charge on any atom is -0.352 e. The number of nitrogens with two attached hydrogens (primary N) is 1. The van der Waals surface area contributed by atoms with Crippen LogP contribution in [0.1, 0.15) is 13.3 Å². The van der Waals surface area contributed by atoms with E-state index in [1.165, 1.54) is 0 Å². The van der Waals surface area contributed by atoms with Gasteiger partial charge in [-0.25, -0.2) is 5.84 Å². The van der Waals surface area contributed by atoms with E-state index in [4.69, 9.17) is 5.84 Å². The number of anilines is 3. The molecule has 0 radical (unpaired) electrons. The predicted molar refractivity (Wildman–Crippen MR) is 78.6 cm³/mol. The lowest BCUT2D eigenvalue weighted by Gasteiger charge is -2.16. The highest BCUT2D eigenvalue weighted by atomic mass is 32.2. The maximum absolute atomic E-state index is 11.1. The number of rotatable bonds is 7. The van der Waals surface area contributed by atoms with Gasteiger partial charge in [-0.15, -0.1) is 0 Å². The largest absolute Gasteiger partial charge is 0.352 e. The first kappa shape index (κ1) is 15.6. The van der Waals surface area contributed by atoms with Crippen LogP contribution in [0.3, 0.4) is 0 Å². The van der Waals surface area contributed by atoms with Gasteiger partial charge in [-0.1, -0.05) is 0 Å². The molecule has 1 rings (SSSR count). The van der Waals surface area contributed by atoms with Crippen LogP contribution < -0.4 is 21.5 Å². The van der Waals surface area contributed by atoms with Crippen molar-refractivity contribution in [3.63, 3.8) is 0 Å². The second kappa shape index (κ2) is 7.19. The van der Waals surface area contributed by atoms with Crippen molar-refractivity contribution in [2.45, 2.75) is 19.4 Å². The van der Waals surface area contributed by atoms with Crippen molar-refractivity contribution < 1.29 is 4.21 Å². The van der Waals surface area contributed by atoms with E-state index in [1.54, 1.807) is 11.2 Å². The summed E-state index contributed by atoms with van der Waals surface area (Å²) in [5, 5.41) is 3.15. The summed E-state index contributed by atoms with van der Waals surface area (Å²) in [6.45, 7) is 1.99. The van der Waals surface area contributed by atoms with Gasteiger partial charge in [0.05, 0.1) is 0 Å². The van der Waals surface area contributed by atoms with E-state index in [1.807, 2.05) is 21.0 Å². The van der Waals surface area contributed by atoms with Crippen LogP contribution >= 0.6 is 0 Å². The highest BCUT2D eigenvalue weighted by Gasteiger charge is 2.10. The number of aromatic nitrogens is 3. The molecule has 0 spiro atoms. The Bertz CT molecular complexity index is 440. The Balaban J connectivity index is 2.76. The molecule has 4 N–H and O–H groups in total. The summed E-state index contributed by atoms with van der Waals surface area (Å²) < 4.78 is 11.1. The Hall–Kier alpha value is -1.48. The summed E-state index contributed by atoms with van der Waals surface area (Å²) in [6, 6.07) is 0.118. The molecule has 8 nitrogen and oxygen atoms in total. The summed E-state index contributed by atoms with van der Waals surface area (Å²) in [5.41, 5.74) is 2.41. The number of nitrogens with one attached hydrogen (secondary N) is 2. The smallest absolute Gasteiger partial charge is 0.243 e. The van der Waals surface area contributed by atoms with Crippen LogP contribution in [-0.4, -0.2) is 51.3 Å². The number of hydrogen-bond acceptors (Lipinski definition) is 8. The molecule has 1 aromatic rings. The van der Waals surface area contributed by atoms with Crippen molar-refractivity contribution in [3.05, 3.63) is 0 Å². The summed E-state index contributed by atoms with van der Waals surface area (Å²) in [6.07, 6.45) is 2.47. The summed E-state index contributed by atoms with van der Waals surface area (Å²) >= 11 is 0. The van der Waals surface area contributed by atoms with E-state index >= 15 is 0 Å². The van der Waals surface area contributed by atoms with Gasteiger partial charge in [0.25, 0.3) is 0 Å². The number of hydrogen-bond donors (Lipinski definition) is 3. The normalized spacial score (nSPS) is 13.7. The molecule has 1 heterocycles. The first-order valence-electron chi connectivity index (χ1n) is 5.89. The third-order valence-corrected chi connectivity index (χ3v) is 3.18. The summed E-state index contributed by atoms with van der Waals surface area (Å²) in [7, 11) is 2.88. The Morgan fingerprint density at radius 2 is 1.95 bits per heavy atom. The fourth-order valence-electron chi connectivity index (χ4n) is 1.33. The molecule has 0 aromatic carbocycles. The van der Waals surface area contributed by atoms with E-state index in [0.29, 0.717) is 23.6 Å². The van der Waals surface area contributed by atoms with E-state index in [-0.39, 0.29) is 6.04 Å². The zero-order valence-corrected chi connectivity index (χ0v) is 12.5. The highest BCUT2D eigenvalue weighted by molar-refractivity contribution is 7.84. The molecule has 0 amide bonds. The van der Waals surface area contributed by atoms with Gasteiger partial charge in [-0.05, 0) is 13.3 Å². The molecule has 0 aliphatic heterocycles. The molecule has 9 heteroatoms. The van der Waals surface area contributed by atoms with Gasteiger partial charge in [-0.3, -0.25) is 9.63 Å². The van der Waals surface area contributed by atoms with Crippen molar-refractivity contribution >= 4 is 28.6 Å². The molecule has 19 heavy (non-hydrogen) atoms. The lowest BCUT2D eigenvalue weighted by molar-refractivity contribution is 0.677. The van der Waals surface area contributed by atoms with Gasteiger partial charge in [0.15, 0.2) is 0 Å². The Morgan fingerprint density at radius 1 is 1.32 bits per heavy atom. The Kier molecular flexibility index (Phi) is 5.90. The highest BCUT2D eigenvalue weighted by Crippen LogP contribution is 2.12. The second-order valence-corrected chi connectivity index (χ2v) is 5.99. The van der Waals surface area contributed by atoms with Crippen molar-refractivity contribution in [1.29, 1.82) is 0 Å². The zero-order valence-electron chi connectivity index (χ0n) is 11.7. The maximum atomic E-state index is 11.1. The standard InChI is InChI=1S/C10H21N7OS/c1-7(5-6-19(4)18)12-8-13-9(16-11)15-10(14-8)17(2)3/h7H,5-6,11H2,1-4H3,(H2,12,13,14,15,16). The first-order chi connectivity index (χ1) is 8.92. The molecule has 0 saturated carbocycles. The van der Waals surface area contributed by atoms with Gasteiger partial charge < -0.3 is 10.2 Å². The van der Waals surface area contributed by atoms with Crippen LogP contribution in [0, 0.1) is 0 Å². The third-order valence-electron chi connectivity index (χ3n) is 2.37. The molecule has 0 aliphatic rings. The van der Waals surface area contributed by atoms with Crippen molar-refractivity contribution in [3.8, 4) is 0 Å². The molecule has 2 atom stereocenters. The van der Waals surface area contributed by atoms with Crippen LogP contribution in [0.4, 0.5) is 17.8 Å². The Labute approximate surface area is 115 Å². The van der Waals surface area contributed by atoms with Crippen molar-refractivity contribution in [2.24, 2.45) is 5.84 Å². The van der Waals surface area contributed by atoms with E-state index in [9.17, 15) is 4.21 Å². The minimum atomic E-state index is -0.796. The SMILES string of the molecule is CC(CCS(C)=O)Nc1nc(NN)nc(N(C)C)n1. The zero-order chi connectivity index (χ0) is 14.4. The summed E-state index contributed by atoms with van der Waals surface area (Å²) in [4.78, 5) is 14.3. The molecule has 0 aliphatic carbocycles. The molecular weight excluding hydrogens is 266 g/mol. The van der Waals surface area contributed by atoms with Crippen LogP contribution in [0.2, 0.25) is 0 Å². The van der Waals surface area contributed by atoms with Crippen molar-refractivity contribution in [2.75, 3.05) is 41.7 Å². The minimum absolute atomic E-state index is 0.118. The summed E-state index contributed by atoms with van der Waals surface area (Å²) in [5.74, 6) is 7.22. The van der Waals surface area contributed by atoms with Gasteiger partial charge in [0.1, 0.15) is 0 Å². The van der Waals surface area contributed by atoms with Gasteiger partial charge in [0.2, 0.25) is 17.8 Å². The Morgan fingerprint density at radius 3 is 2.47 bits per heavy atom. The number of hydrazine groups is 1. The monoisotopic (exact) mass is 287 g/mol. The predicted octanol–water partition coefficient (Wildman–Crippen LogP) is -0.208. The van der Waals surface area contributed by atoms with E-state index < -0.39 is 10.8 Å². The quantitative estimate of drug-likeness (QED) is 0.467. The number of nitrogen functional groups attached to an aromatic ring is 1. The van der Waals surface area contributed by atoms with Gasteiger partial charge in [-0.2, -0.15) is 15.0 Å². The molecule has 1 aromatic heterocycles. The third kappa shape index (κ3) is 5.35. The van der Waals surface area contributed by atoms with E-state index in [2.05, 4.69) is 25.7 Å². The topological polar surface area (TPSA) is 109 Å². The maximum Gasteiger partial charge on any atom is 0.243 e. The lowest BCUT2D eigenvalue weighted by atomic mass is 10.3. The van der Waals surface area contributed by atoms with Gasteiger partial charge >= 0.3 is 0 Å². The molecule has 0 saturated heterocycles. The van der Waals surface area contributed by atoms with E-state index in [0.717, 1.165) is 6.42 Å². The average molecular weight is 287 g/mol. The first-order valence-corrected chi connectivity index (χ1v) is 7.61. The fourth-order valence-corrected chi connectivity index (χ4v) is 2.01. The van der Waals surface area contributed by atoms with Crippen LogP contribution in [0.25, 0.3) is 0 Å².